The molecule has 0 bridgehead atoms. The topological polar surface area (TPSA) is 43.2 Å². The first kappa shape index (κ1) is 19.8. The van der Waals surface area contributed by atoms with Gasteiger partial charge in [-0.05, 0) is 67.4 Å². The Balaban J connectivity index is 1.37. The van der Waals surface area contributed by atoms with Crippen LogP contribution in [0.2, 0.25) is 0 Å². The number of hydrogen-bond acceptors (Lipinski definition) is 4. The van der Waals surface area contributed by atoms with Crippen molar-refractivity contribution in [3.8, 4) is 17.1 Å². The highest BCUT2D eigenvalue weighted by Crippen LogP contribution is 2.34. The number of fused-ring (bicyclic) bond motifs is 1. The van der Waals surface area contributed by atoms with E-state index in [2.05, 4.69) is 58.5 Å². The Morgan fingerprint density at radius 1 is 0.903 bits per heavy atom. The van der Waals surface area contributed by atoms with Crippen LogP contribution in [-0.2, 0) is 13.7 Å². The average Bonchev–Trinajstić information content (AvgIpc) is 3.18. The van der Waals surface area contributed by atoms with Gasteiger partial charge in [0.2, 0.25) is 0 Å². The Morgan fingerprint density at radius 3 is 2.52 bits per heavy atom. The van der Waals surface area contributed by atoms with Crippen molar-refractivity contribution in [2.24, 2.45) is 7.05 Å². The minimum absolute atomic E-state index is 0.387. The number of likely N-dealkylation sites (tertiary alicyclic amines) is 1. The molecule has 5 nitrogen and oxygen atoms in total. The van der Waals surface area contributed by atoms with Gasteiger partial charge in [0.05, 0.1) is 0 Å². The number of benzene rings is 3. The fourth-order valence-corrected chi connectivity index (χ4v) is 4.51. The molecule has 31 heavy (non-hydrogen) atoms. The molecule has 0 N–H and O–H groups in total. The van der Waals surface area contributed by atoms with Crippen molar-refractivity contribution >= 4 is 10.8 Å². The first-order valence-corrected chi connectivity index (χ1v) is 11.0. The van der Waals surface area contributed by atoms with Crippen molar-refractivity contribution in [2.45, 2.75) is 25.4 Å². The molecule has 158 valence electrons. The Hall–Kier alpha value is -3.18. The molecular weight excluding hydrogens is 384 g/mol. The van der Waals surface area contributed by atoms with Crippen molar-refractivity contribution in [1.82, 2.24) is 19.7 Å². The fourth-order valence-electron chi connectivity index (χ4n) is 4.51. The van der Waals surface area contributed by atoms with Crippen LogP contribution in [-0.4, -0.2) is 39.8 Å². The van der Waals surface area contributed by atoms with E-state index in [0.717, 1.165) is 36.1 Å². The second kappa shape index (κ2) is 8.52. The molecule has 0 spiro atoms. The maximum absolute atomic E-state index is 6.16. The van der Waals surface area contributed by atoms with Gasteiger partial charge in [-0.1, -0.05) is 54.6 Å². The van der Waals surface area contributed by atoms with E-state index in [-0.39, 0.29) is 0 Å². The molecular formula is C26H28N4O. The normalized spacial score (nSPS) is 15.4. The van der Waals surface area contributed by atoms with Crippen LogP contribution in [0.5, 0.6) is 5.75 Å². The average molecular weight is 413 g/mol. The molecule has 1 saturated heterocycles. The van der Waals surface area contributed by atoms with Gasteiger partial charge in [-0.3, -0.25) is 0 Å². The van der Waals surface area contributed by atoms with Gasteiger partial charge in [0, 0.05) is 12.6 Å². The summed E-state index contributed by atoms with van der Waals surface area (Å²) < 4.78 is 8.16. The molecule has 2 heterocycles. The lowest BCUT2D eigenvalue weighted by Gasteiger charge is -2.30. The summed E-state index contributed by atoms with van der Waals surface area (Å²) in [5, 5.41) is 11.3. The quantitative estimate of drug-likeness (QED) is 0.461. The third-order valence-corrected chi connectivity index (χ3v) is 6.41. The van der Waals surface area contributed by atoms with Crippen LogP contribution in [0.1, 0.15) is 30.1 Å². The van der Waals surface area contributed by atoms with Crippen molar-refractivity contribution in [3.63, 3.8) is 0 Å². The van der Waals surface area contributed by atoms with E-state index in [9.17, 15) is 0 Å². The molecule has 0 radical (unpaired) electrons. The third-order valence-electron chi connectivity index (χ3n) is 6.41. The van der Waals surface area contributed by atoms with Gasteiger partial charge in [0.1, 0.15) is 12.4 Å². The lowest BCUT2D eigenvalue weighted by Crippen LogP contribution is -2.29. The number of rotatable bonds is 5. The fraction of sp³-hybridized carbons (Fsp3) is 0.308. The van der Waals surface area contributed by atoms with Crippen LogP contribution in [0.15, 0.2) is 66.7 Å². The highest BCUT2D eigenvalue weighted by atomic mass is 16.5. The summed E-state index contributed by atoms with van der Waals surface area (Å²) in [6, 6.07) is 23.2. The molecule has 0 unspecified atom stereocenters. The molecule has 0 atom stereocenters. The van der Waals surface area contributed by atoms with Crippen molar-refractivity contribution in [3.05, 3.63) is 78.1 Å². The molecule has 1 aromatic heterocycles. The molecule has 1 fully saturated rings. The Morgan fingerprint density at radius 2 is 1.71 bits per heavy atom. The zero-order chi connectivity index (χ0) is 21.2. The summed E-state index contributed by atoms with van der Waals surface area (Å²) in [5.74, 6) is 3.14. The van der Waals surface area contributed by atoms with Crippen LogP contribution in [0.25, 0.3) is 22.2 Å². The number of ether oxygens (including phenoxy) is 1. The van der Waals surface area contributed by atoms with Crippen LogP contribution in [0.3, 0.4) is 0 Å². The first-order valence-electron chi connectivity index (χ1n) is 11.0. The van der Waals surface area contributed by atoms with E-state index in [0.29, 0.717) is 12.5 Å². The largest absolute Gasteiger partial charge is 0.486 e. The van der Waals surface area contributed by atoms with E-state index in [1.54, 1.807) is 0 Å². The predicted octanol–water partition coefficient (Wildman–Crippen LogP) is 5.02. The van der Waals surface area contributed by atoms with Gasteiger partial charge in [0.25, 0.3) is 0 Å². The summed E-state index contributed by atoms with van der Waals surface area (Å²) in [7, 11) is 4.20. The minimum Gasteiger partial charge on any atom is -0.486 e. The molecule has 0 aliphatic carbocycles. The molecule has 3 aromatic carbocycles. The van der Waals surface area contributed by atoms with Crippen LogP contribution in [0, 0.1) is 0 Å². The summed E-state index contributed by atoms with van der Waals surface area (Å²) in [6.45, 7) is 2.71. The Labute approximate surface area is 183 Å². The molecule has 1 aliphatic heterocycles. The SMILES string of the molecule is CN1CCC(c2cccc3ccc(OCc4nnc(-c5ccccc5)n4C)cc23)CC1. The predicted molar refractivity (Wildman–Crippen MR) is 124 cm³/mol. The lowest BCUT2D eigenvalue weighted by atomic mass is 9.86. The Bertz CT molecular complexity index is 1180. The van der Waals surface area contributed by atoms with Crippen molar-refractivity contribution < 1.29 is 4.74 Å². The van der Waals surface area contributed by atoms with E-state index >= 15 is 0 Å². The number of piperidine rings is 1. The van der Waals surface area contributed by atoms with Gasteiger partial charge in [-0.2, -0.15) is 0 Å². The molecule has 5 heteroatoms. The zero-order valence-corrected chi connectivity index (χ0v) is 18.2. The van der Waals surface area contributed by atoms with E-state index in [1.807, 2.05) is 41.9 Å². The van der Waals surface area contributed by atoms with Crippen LogP contribution < -0.4 is 4.74 Å². The lowest BCUT2D eigenvalue weighted by molar-refractivity contribution is 0.256. The maximum atomic E-state index is 6.16. The van der Waals surface area contributed by atoms with Gasteiger partial charge >= 0.3 is 0 Å². The second-order valence-electron chi connectivity index (χ2n) is 8.46. The molecule has 5 rings (SSSR count). The van der Waals surface area contributed by atoms with E-state index in [1.165, 1.54) is 29.2 Å². The smallest absolute Gasteiger partial charge is 0.171 e. The van der Waals surface area contributed by atoms with Crippen LogP contribution >= 0.6 is 0 Å². The summed E-state index contributed by atoms with van der Waals surface area (Å²) in [5.41, 5.74) is 2.50. The molecule has 0 amide bonds. The number of nitrogens with zero attached hydrogens (tertiary/aromatic N) is 4. The zero-order valence-electron chi connectivity index (χ0n) is 18.2. The maximum Gasteiger partial charge on any atom is 0.171 e. The monoisotopic (exact) mass is 412 g/mol. The first-order chi connectivity index (χ1) is 15.2. The summed E-state index contributed by atoms with van der Waals surface area (Å²) in [4.78, 5) is 2.42. The van der Waals surface area contributed by atoms with Crippen molar-refractivity contribution in [2.75, 3.05) is 20.1 Å². The second-order valence-corrected chi connectivity index (χ2v) is 8.46. The van der Waals surface area contributed by atoms with Gasteiger partial charge < -0.3 is 14.2 Å². The third kappa shape index (κ3) is 4.06. The van der Waals surface area contributed by atoms with Gasteiger partial charge in [-0.25, -0.2) is 0 Å². The number of hydrogen-bond donors (Lipinski definition) is 0. The molecule has 4 aromatic rings. The summed E-state index contributed by atoms with van der Waals surface area (Å²) in [6.07, 6.45) is 2.42. The summed E-state index contributed by atoms with van der Waals surface area (Å²) >= 11 is 0. The highest BCUT2D eigenvalue weighted by molar-refractivity contribution is 5.87. The number of aromatic nitrogens is 3. The molecule has 1 aliphatic rings. The van der Waals surface area contributed by atoms with Gasteiger partial charge in [0.15, 0.2) is 11.6 Å². The Kier molecular flexibility index (Phi) is 5.43. The van der Waals surface area contributed by atoms with Crippen molar-refractivity contribution in [1.29, 1.82) is 0 Å². The highest BCUT2D eigenvalue weighted by Gasteiger charge is 2.20. The van der Waals surface area contributed by atoms with E-state index < -0.39 is 0 Å². The van der Waals surface area contributed by atoms with Gasteiger partial charge in [-0.15, -0.1) is 10.2 Å². The minimum atomic E-state index is 0.387. The van der Waals surface area contributed by atoms with E-state index in [4.69, 9.17) is 4.74 Å². The van der Waals surface area contributed by atoms with Crippen LogP contribution in [0.4, 0.5) is 0 Å². The molecule has 0 saturated carbocycles. The standard InChI is InChI=1S/C26H28N4O/c1-29-15-13-20(14-16-29)23-10-6-9-19-11-12-22(17-24(19)23)31-18-25-27-28-26(30(25)2)21-7-4-3-5-8-21/h3-12,17,20H,13-16,18H2,1-2H3.